The van der Waals surface area contributed by atoms with Crippen LogP contribution in [0.4, 0.5) is 0 Å². The van der Waals surface area contributed by atoms with E-state index < -0.39 is 11.2 Å². The lowest BCUT2D eigenvalue weighted by Gasteiger charge is -2.24. The molecule has 134 valence electrons. The summed E-state index contributed by atoms with van der Waals surface area (Å²) in [4.78, 5) is 30.6. The van der Waals surface area contributed by atoms with Gasteiger partial charge in [-0.15, -0.1) is 0 Å². The first-order chi connectivity index (χ1) is 11.5. The molecule has 0 radical (unpaired) electrons. The Morgan fingerprint density at radius 2 is 2.04 bits per heavy atom. The monoisotopic (exact) mass is 336 g/mol. The van der Waals surface area contributed by atoms with Crippen molar-refractivity contribution in [3.63, 3.8) is 0 Å². The van der Waals surface area contributed by atoms with Gasteiger partial charge in [-0.2, -0.15) is 0 Å². The lowest BCUT2D eigenvalue weighted by atomic mass is 9.91. The Morgan fingerprint density at radius 1 is 1.29 bits per heavy atom. The van der Waals surface area contributed by atoms with Crippen LogP contribution in [0.15, 0.2) is 14.6 Å². The van der Waals surface area contributed by atoms with E-state index in [0.29, 0.717) is 6.54 Å². The van der Waals surface area contributed by atoms with Crippen molar-refractivity contribution in [3.8, 4) is 5.88 Å². The summed E-state index contributed by atoms with van der Waals surface area (Å²) in [6, 6.07) is -0.0568. The normalized spacial score (nSPS) is 21.4. The summed E-state index contributed by atoms with van der Waals surface area (Å²) in [6.45, 7) is 2.49. The predicted octanol–water partition coefficient (Wildman–Crippen LogP) is 1.51. The summed E-state index contributed by atoms with van der Waals surface area (Å²) in [5.74, 6) is -0.312. The summed E-state index contributed by atoms with van der Waals surface area (Å²) >= 11 is 0. The zero-order valence-electron chi connectivity index (χ0n) is 14.3. The lowest BCUT2D eigenvalue weighted by molar-refractivity contribution is 0.385. The van der Waals surface area contributed by atoms with E-state index in [-0.39, 0.29) is 23.5 Å². The zero-order valence-corrected chi connectivity index (χ0v) is 14.3. The minimum atomic E-state index is -0.615. The number of unbranched alkanes of at least 4 members (excludes halogenated alkanes) is 3. The van der Waals surface area contributed by atoms with Gasteiger partial charge in [-0.05, 0) is 19.3 Å². The molecule has 0 aliphatic heterocycles. The van der Waals surface area contributed by atoms with E-state index in [0.717, 1.165) is 51.4 Å². The number of rotatable bonds is 7. The molecule has 7 nitrogen and oxygen atoms in total. The van der Waals surface area contributed by atoms with Gasteiger partial charge >= 0.3 is 5.69 Å². The van der Waals surface area contributed by atoms with E-state index in [1.807, 2.05) is 0 Å². The first kappa shape index (κ1) is 18.4. The minimum absolute atomic E-state index is 0.0174. The largest absolute Gasteiger partial charge is 0.494 e. The van der Waals surface area contributed by atoms with Crippen LogP contribution in [0, 0.1) is 0 Å². The maximum absolute atomic E-state index is 12.0. The molecule has 1 aliphatic rings. The fourth-order valence-corrected chi connectivity index (χ4v) is 3.09. The van der Waals surface area contributed by atoms with E-state index >= 15 is 0 Å². The maximum Gasteiger partial charge on any atom is 0.331 e. The van der Waals surface area contributed by atoms with Crippen LogP contribution in [0.25, 0.3) is 0 Å². The average molecular weight is 336 g/mol. The smallest absolute Gasteiger partial charge is 0.331 e. The number of hydrogen-bond donors (Lipinski definition) is 3. The summed E-state index contributed by atoms with van der Waals surface area (Å²) in [5.41, 5.74) is 4.88. The van der Waals surface area contributed by atoms with Crippen LogP contribution in [0.5, 0.6) is 5.88 Å². The number of nitrogens with zero attached hydrogens (tertiary/aromatic N) is 2. The second-order valence-electron chi connectivity index (χ2n) is 6.50. The van der Waals surface area contributed by atoms with Crippen LogP contribution in [0.3, 0.4) is 0 Å². The second-order valence-corrected chi connectivity index (χ2v) is 6.50. The number of aliphatic imine (C=N–C) groups is 1. The van der Waals surface area contributed by atoms with Crippen LogP contribution in [-0.2, 0) is 6.54 Å². The molecule has 1 fully saturated rings. The summed E-state index contributed by atoms with van der Waals surface area (Å²) in [6.07, 6.45) is 9.25. The third-order valence-electron chi connectivity index (χ3n) is 4.62. The van der Waals surface area contributed by atoms with Crippen LogP contribution in [-0.4, -0.2) is 33.0 Å². The predicted molar refractivity (Wildman–Crippen MR) is 95.0 cm³/mol. The highest BCUT2D eigenvalue weighted by molar-refractivity contribution is 5.82. The number of hydrogen-bond acceptors (Lipinski definition) is 5. The quantitative estimate of drug-likeness (QED) is 0.517. The molecule has 24 heavy (non-hydrogen) atoms. The highest BCUT2D eigenvalue weighted by Crippen LogP contribution is 2.20. The molecule has 1 heterocycles. The van der Waals surface area contributed by atoms with Crippen molar-refractivity contribution in [3.05, 3.63) is 26.4 Å². The van der Waals surface area contributed by atoms with E-state index in [4.69, 9.17) is 5.73 Å². The summed E-state index contributed by atoms with van der Waals surface area (Å²) in [5, 5.41) is 10.3. The Morgan fingerprint density at radius 3 is 2.75 bits per heavy atom. The second kappa shape index (κ2) is 8.82. The molecule has 0 bridgehead atoms. The number of nitrogens with one attached hydrogen (secondary N) is 1. The van der Waals surface area contributed by atoms with Gasteiger partial charge in [0.1, 0.15) is 5.56 Å². The molecular formula is C17H28N4O3. The molecule has 0 unspecified atom stereocenters. The van der Waals surface area contributed by atoms with Gasteiger partial charge in [0.2, 0.25) is 5.88 Å². The SMILES string of the molecule is CCCCCCn1c(O)c(C=N[C@H]2CCCC[C@@H]2N)c(=O)[nH]c1=O. The van der Waals surface area contributed by atoms with Crippen LogP contribution >= 0.6 is 0 Å². The van der Waals surface area contributed by atoms with Gasteiger partial charge in [-0.1, -0.05) is 39.0 Å². The third-order valence-corrected chi connectivity index (χ3v) is 4.62. The standard InChI is InChI=1S/C17H28N4O3/c1-2-3-4-7-10-21-16(23)12(15(22)20-17(21)24)11-19-14-9-6-5-8-13(14)18/h11,13-14,23H,2-10,18H2,1H3,(H,20,22,24)/t13-,14-/m0/s1. The van der Waals surface area contributed by atoms with Crippen molar-refractivity contribution >= 4 is 6.21 Å². The first-order valence-electron chi connectivity index (χ1n) is 8.89. The lowest BCUT2D eigenvalue weighted by Crippen LogP contribution is -2.36. The summed E-state index contributed by atoms with van der Waals surface area (Å²) < 4.78 is 1.21. The Labute approximate surface area is 141 Å². The fraction of sp³-hybridized carbons (Fsp3) is 0.706. The van der Waals surface area contributed by atoms with Crippen LogP contribution in [0.1, 0.15) is 63.9 Å². The highest BCUT2D eigenvalue weighted by Gasteiger charge is 2.21. The third kappa shape index (κ3) is 4.56. The van der Waals surface area contributed by atoms with Crippen molar-refractivity contribution in [1.29, 1.82) is 0 Å². The molecular weight excluding hydrogens is 308 g/mol. The number of nitrogens with two attached hydrogens (primary N) is 1. The van der Waals surface area contributed by atoms with Crippen molar-refractivity contribution < 1.29 is 5.11 Å². The van der Waals surface area contributed by atoms with E-state index in [1.54, 1.807) is 0 Å². The van der Waals surface area contributed by atoms with Crippen LogP contribution in [0.2, 0.25) is 0 Å². The molecule has 0 aromatic carbocycles. The van der Waals surface area contributed by atoms with Crippen molar-refractivity contribution in [1.82, 2.24) is 9.55 Å². The molecule has 4 N–H and O–H groups in total. The molecule has 1 saturated carbocycles. The number of H-pyrrole nitrogens is 1. The van der Waals surface area contributed by atoms with Gasteiger partial charge in [0.05, 0.1) is 6.04 Å². The van der Waals surface area contributed by atoms with Crippen molar-refractivity contribution in [2.24, 2.45) is 10.7 Å². The Kier molecular flexibility index (Phi) is 6.78. The van der Waals surface area contributed by atoms with Gasteiger partial charge in [0.25, 0.3) is 5.56 Å². The van der Waals surface area contributed by atoms with Crippen molar-refractivity contribution in [2.75, 3.05) is 0 Å². The molecule has 2 atom stereocenters. The molecule has 1 aromatic rings. The maximum atomic E-state index is 12.0. The topological polar surface area (TPSA) is 113 Å². The first-order valence-corrected chi connectivity index (χ1v) is 8.89. The minimum Gasteiger partial charge on any atom is -0.494 e. The Bertz CT molecular complexity index is 677. The molecule has 1 aliphatic carbocycles. The molecule has 0 amide bonds. The van der Waals surface area contributed by atoms with Crippen LogP contribution < -0.4 is 17.0 Å². The zero-order chi connectivity index (χ0) is 17.5. The fourth-order valence-electron chi connectivity index (χ4n) is 3.09. The summed E-state index contributed by atoms with van der Waals surface area (Å²) in [7, 11) is 0. The van der Waals surface area contributed by atoms with Crippen molar-refractivity contribution in [2.45, 2.75) is 76.9 Å². The van der Waals surface area contributed by atoms with Gasteiger partial charge in [0, 0.05) is 18.8 Å². The molecule has 7 heteroatoms. The molecule has 2 rings (SSSR count). The highest BCUT2D eigenvalue weighted by atomic mass is 16.3. The average Bonchev–Trinajstić information content (AvgIpc) is 2.55. The Hall–Kier alpha value is -1.89. The van der Waals surface area contributed by atoms with Gasteiger partial charge in [-0.3, -0.25) is 19.3 Å². The van der Waals surface area contributed by atoms with Gasteiger partial charge in [-0.25, -0.2) is 4.79 Å². The number of aromatic amines is 1. The molecule has 1 aromatic heterocycles. The number of aromatic hydroxyl groups is 1. The molecule has 0 saturated heterocycles. The molecule has 0 spiro atoms. The van der Waals surface area contributed by atoms with Gasteiger partial charge < -0.3 is 10.8 Å². The number of aromatic nitrogens is 2. The Balaban J connectivity index is 2.19. The van der Waals surface area contributed by atoms with E-state index in [9.17, 15) is 14.7 Å². The van der Waals surface area contributed by atoms with E-state index in [1.165, 1.54) is 10.8 Å². The van der Waals surface area contributed by atoms with E-state index in [2.05, 4.69) is 16.9 Å². The van der Waals surface area contributed by atoms with Gasteiger partial charge in [0.15, 0.2) is 0 Å².